The molecule has 0 aromatic heterocycles. The zero-order valence-corrected chi connectivity index (χ0v) is 10.0. The third-order valence-electron chi connectivity index (χ3n) is 3.26. The van der Waals surface area contributed by atoms with Crippen molar-refractivity contribution in [1.29, 1.82) is 0 Å². The molecule has 3 rings (SSSR count). The van der Waals surface area contributed by atoms with E-state index in [1.165, 1.54) is 0 Å². The van der Waals surface area contributed by atoms with E-state index in [-0.39, 0.29) is 22.4 Å². The number of fused-ring (bicyclic) bond motifs is 1. The summed E-state index contributed by atoms with van der Waals surface area (Å²) in [6.45, 7) is 0. The molecular weight excluding hydrogens is 248 g/mol. The third-order valence-corrected chi connectivity index (χ3v) is 5.93. The Kier molecular flexibility index (Phi) is 2.28. The minimum absolute atomic E-state index is 0.169. The maximum Gasteiger partial charge on any atom is 0.182 e. The summed E-state index contributed by atoms with van der Waals surface area (Å²) in [7, 11) is -3.28. The summed E-state index contributed by atoms with van der Waals surface area (Å²) in [5, 5.41) is -0.0138. The van der Waals surface area contributed by atoms with E-state index >= 15 is 0 Å². The molecule has 1 aromatic rings. The van der Waals surface area contributed by atoms with E-state index in [9.17, 15) is 8.42 Å². The number of hydrogen-bond acceptors (Lipinski definition) is 3. The van der Waals surface area contributed by atoms with Crippen LogP contribution in [0.25, 0.3) is 0 Å². The van der Waals surface area contributed by atoms with Crippen LogP contribution >= 0.6 is 11.6 Å². The lowest BCUT2D eigenvalue weighted by molar-refractivity contribution is 0.322. The average molecular weight is 259 g/mol. The molecule has 1 aliphatic carbocycles. The Morgan fingerprint density at radius 2 is 1.81 bits per heavy atom. The molecule has 1 saturated heterocycles. The molecule has 0 spiro atoms. The van der Waals surface area contributed by atoms with E-state index in [0.717, 1.165) is 0 Å². The normalized spacial score (nSPS) is 32.4. The highest BCUT2D eigenvalue weighted by Crippen LogP contribution is 2.43. The van der Waals surface area contributed by atoms with Gasteiger partial charge in [0, 0.05) is 0 Å². The van der Waals surface area contributed by atoms with Crippen LogP contribution in [0.2, 0.25) is 5.02 Å². The van der Waals surface area contributed by atoms with Crippen molar-refractivity contribution in [1.82, 2.24) is 0 Å². The van der Waals surface area contributed by atoms with Crippen LogP contribution in [-0.4, -0.2) is 25.9 Å². The number of sulfone groups is 1. The van der Waals surface area contributed by atoms with Crippen molar-refractivity contribution in [3.63, 3.8) is 0 Å². The molecule has 1 heterocycles. The van der Waals surface area contributed by atoms with Gasteiger partial charge in [0.15, 0.2) is 9.84 Å². The Morgan fingerprint density at radius 3 is 2.44 bits per heavy atom. The average Bonchev–Trinajstić information content (AvgIpc) is 2.86. The van der Waals surface area contributed by atoms with Gasteiger partial charge in [-0.05, 0) is 25.0 Å². The summed E-state index contributed by atoms with van der Waals surface area (Å²) < 4.78 is 29.8. The van der Waals surface area contributed by atoms with Crippen LogP contribution in [0, 0.1) is 0 Å². The smallest absolute Gasteiger partial charge is 0.182 e. The molecule has 1 aromatic carbocycles. The Morgan fingerprint density at radius 1 is 1.19 bits per heavy atom. The predicted molar refractivity (Wildman–Crippen MR) is 60.3 cm³/mol. The van der Waals surface area contributed by atoms with Gasteiger partial charge < -0.3 is 4.74 Å². The Hall–Kier alpha value is -0.580. The van der Waals surface area contributed by atoms with Crippen LogP contribution in [-0.2, 0) is 14.6 Å². The fourth-order valence-electron chi connectivity index (χ4n) is 2.32. The maximum atomic E-state index is 12.3. The molecule has 0 bridgehead atoms. The molecule has 1 aliphatic heterocycles. The van der Waals surface area contributed by atoms with Crippen molar-refractivity contribution in [3.05, 3.63) is 29.3 Å². The summed E-state index contributed by atoms with van der Waals surface area (Å²) in [6, 6.07) is 6.62. The third kappa shape index (κ3) is 1.56. The first-order valence-corrected chi connectivity index (χ1v) is 7.15. The molecule has 2 unspecified atom stereocenters. The lowest BCUT2D eigenvalue weighted by atomic mass is 10.3. The highest BCUT2D eigenvalue weighted by Gasteiger charge is 2.52. The Labute approximate surface area is 99.3 Å². The topological polar surface area (TPSA) is 46.7 Å². The largest absolute Gasteiger partial charge is 0.369 e. The van der Waals surface area contributed by atoms with Crippen LogP contribution in [0.1, 0.15) is 12.8 Å². The van der Waals surface area contributed by atoms with E-state index in [0.29, 0.717) is 17.9 Å². The van der Waals surface area contributed by atoms with E-state index in [2.05, 4.69) is 0 Å². The predicted octanol–water partition coefficient (Wildman–Crippen LogP) is 2.04. The van der Waals surface area contributed by atoms with E-state index in [1.54, 1.807) is 24.3 Å². The number of rotatable bonds is 2. The van der Waals surface area contributed by atoms with Gasteiger partial charge in [-0.3, -0.25) is 0 Å². The minimum Gasteiger partial charge on any atom is -0.369 e. The molecular formula is C11H11ClO3S. The van der Waals surface area contributed by atoms with Crippen LogP contribution in [0.4, 0.5) is 0 Å². The number of benzene rings is 1. The van der Waals surface area contributed by atoms with Crippen molar-refractivity contribution < 1.29 is 13.2 Å². The Bertz CT molecular complexity index is 516. The molecule has 86 valence electrons. The van der Waals surface area contributed by atoms with Gasteiger partial charge in [-0.2, -0.15) is 0 Å². The van der Waals surface area contributed by atoms with Crippen molar-refractivity contribution in [2.24, 2.45) is 0 Å². The molecule has 16 heavy (non-hydrogen) atoms. The highest BCUT2D eigenvalue weighted by molar-refractivity contribution is 7.92. The first-order chi connectivity index (χ1) is 7.59. The molecule has 5 heteroatoms. The summed E-state index contributed by atoms with van der Waals surface area (Å²) in [5.41, 5.74) is 0. The summed E-state index contributed by atoms with van der Waals surface area (Å²) in [5.74, 6) is 0. The van der Waals surface area contributed by atoms with Gasteiger partial charge in [-0.25, -0.2) is 8.42 Å². The molecule has 2 atom stereocenters. The van der Waals surface area contributed by atoms with Gasteiger partial charge in [-0.15, -0.1) is 0 Å². The van der Waals surface area contributed by atoms with Gasteiger partial charge in [0.05, 0.1) is 27.4 Å². The number of ether oxygens (including phenoxy) is 1. The van der Waals surface area contributed by atoms with Gasteiger partial charge in [0.25, 0.3) is 0 Å². The van der Waals surface area contributed by atoms with Gasteiger partial charge in [0.1, 0.15) is 0 Å². The van der Waals surface area contributed by atoms with Crippen molar-refractivity contribution in [2.45, 2.75) is 35.2 Å². The quantitative estimate of drug-likeness (QED) is 0.763. The first kappa shape index (κ1) is 10.6. The second kappa shape index (κ2) is 3.45. The minimum atomic E-state index is -3.28. The maximum absolute atomic E-state index is 12.3. The highest BCUT2D eigenvalue weighted by atomic mass is 35.5. The second-order valence-electron chi connectivity index (χ2n) is 4.28. The van der Waals surface area contributed by atoms with Crippen molar-refractivity contribution >= 4 is 21.4 Å². The number of halogens is 1. The molecule has 3 nitrogen and oxygen atoms in total. The second-order valence-corrected chi connectivity index (χ2v) is 6.89. The van der Waals surface area contributed by atoms with Crippen LogP contribution < -0.4 is 0 Å². The van der Waals surface area contributed by atoms with E-state index in [1.807, 2.05) is 0 Å². The first-order valence-electron chi connectivity index (χ1n) is 5.23. The van der Waals surface area contributed by atoms with Crippen LogP contribution in [0.5, 0.6) is 0 Å². The fourth-order valence-corrected chi connectivity index (χ4v) is 4.63. The standard InChI is InChI=1S/C11H11ClO3S/c12-8-3-1-2-4-11(8)16(13,14)7-5-9-10(6-7)15-9/h1-4,7,9-10H,5-6H2. The lowest BCUT2D eigenvalue weighted by Crippen LogP contribution is -2.21. The van der Waals surface area contributed by atoms with Crippen molar-refractivity contribution in [3.8, 4) is 0 Å². The number of hydrogen-bond donors (Lipinski definition) is 0. The summed E-state index contributed by atoms with van der Waals surface area (Å²) in [6.07, 6.45) is 1.56. The Balaban J connectivity index is 1.96. The number of epoxide rings is 1. The molecule has 0 N–H and O–H groups in total. The van der Waals surface area contributed by atoms with E-state index in [4.69, 9.17) is 16.3 Å². The molecule has 2 aliphatic rings. The van der Waals surface area contributed by atoms with Crippen molar-refractivity contribution in [2.75, 3.05) is 0 Å². The monoisotopic (exact) mass is 258 g/mol. The summed E-state index contributed by atoms with van der Waals surface area (Å²) in [4.78, 5) is 0.253. The zero-order chi connectivity index (χ0) is 11.3. The fraction of sp³-hybridized carbons (Fsp3) is 0.455. The molecule has 0 amide bonds. The van der Waals surface area contributed by atoms with Crippen LogP contribution in [0.15, 0.2) is 29.2 Å². The van der Waals surface area contributed by atoms with Gasteiger partial charge in [-0.1, -0.05) is 23.7 Å². The SMILES string of the molecule is O=S(=O)(c1ccccc1Cl)C1CC2OC2C1. The molecule has 1 saturated carbocycles. The van der Waals surface area contributed by atoms with Gasteiger partial charge in [0.2, 0.25) is 0 Å². The van der Waals surface area contributed by atoms with Crippen LogP contribution in [0.3, 0.4) is 0 Å². The molecule has 0 radical (unpaired) electrons. The zero-order valence-electron chi connectivity index (χ0n) is 8.47. The molecule has 2 fully saturated rings. The van der Waals surface area contributed by atoms with E-state index < -0.39 is 9.84 Å². The summed E-state index contributed by atoms with van der Waals surface area (Å²) >= 11 is 5.92. The van der Waals surface area contributed by atoms with Gasteiger partial charge >= 0.3 is 0 Å². The lowest BCUT2D eigenvalue weighted by Gasteiger charge is -2.13.